The number of aromatic nitrogens is 2. The highest BCUT2D eigenvalue weighted by Gasteiger charge is 2.23. The van der Waals surface area contributed by atoms with Gasteiger partial charge in [-0.2, -0.15) is 0 Å². The minimum atomic E-state index is -0.0863. The quantitative estimate of drug-likeness (QED) is 0.609. The molecule has 2 aromatic heterocycles. The molecule has 1 aromatic carbocycles. The number of pyridine rings is 1. The maximum Gasteiger partial charge on any atom is 0.188 e. The molecule has 1 saturated heterocycles. The largest absolute Gasteiger partial charge is 0.389 e. The molecule has 3 aromatic rings. The van der Waals surface area contributed by atoms with Gasteiger partial charge in [-0.05, 0) is 43.9 Å². The molecule has 1 aliphatic rings. The fourth-order valence-electron chi connectivity index (χ4n) is 4.14. The lowest BCUT2D eigenvalue weighted by Crippen LogP contribution is -2.43. The summed E-state index contributed by atoms with van der Waals surface area (Å²) in [6.45, 7) is 5.83. The third-order valence-electron chi connectivity index (χ3n) is 5.64. The van der Waals surface area contributed by atoms with Crippen LogP contribution >= 0.6 is 11.3 Å². The Morgan fingerprint density at radius 1 is 1.27 bits per heavy atom. The highest BCUT2D eigenvalue weighted by atomic mass is 32.1. The first-order chi connectivity index (χ1) is 14.4. The molecule has 0 bridgehead atoms. The van der Waals surface area contributed by atoms with Crippen molar-refractivity contribution in [3.8, 4) is 10.6 Å². The van der Waals surface area contributed by atoms with E-state index in [0.717, 1.165) is 58.9 Å². The Kier molecular flexibility index (Phi) is 5.83. The number of carbonyl (C=O) groups is 1. The molecule has 1 aliphatic heterocycles. The number of anilines is 2. The zero-order valence-electron chi connectivity index (χ0n) is 17.4. The summed E-state index contributed by atoms with van der Waals surface area (Å²) in [6, 6.07) is 8.24. The van der Waals surface area contributed by atoms with Crippen molar-refractivity contribution in [2.45, 2.75) is 39.2 Å². The van der Waals surface area contributed by atoms with E-state index in [1.807, 2.05) is 38.1 Å². The average molecular weight is 422 g/mol. The summed E-state index contributed by atoms with van der Waals surface area (Å²) in [5.41, 5.74) is 17.9. The Morgan fingerprint density at radius 2 is 2.03 bits per heavy atom. The lowest BCUT2D eigenvalue weighted by molar-refractivity contribution is 0.0989. The lowest BCUT2D eigenvalue weighted by atomic mass is 10.0. The van der Waals surface area contributed by atoms with Crippen molar-refractivity contribution in [3.63, 3.8) is 0 Å². The molecule has 0 spiro atoms. The number of hydrogen-bond donors (Lipinski definition) is 2. The lowest BCUT2D eigenvalue weighted by Gasteiger charge is -2.33. The molecule has 156 valence electrons. The van der Waals surface area contributed by atoms with Crippen LogP contribution in [0.3, 0.4) is 0 Å². The van der Waals surface area contributed by atoms with Crippen molar-refractivity contribution >= 4 is 27.8 Å². The van der Waals surface area contributed by atoms with E-state index >= 15 is 0 Å². The predicted octanol–water partition coefficient (Wildman–Crippen LogP) is 3.76. The summed E-state index contributed by atoms with van der Waals surface area (Å²) in [7, 11) is 0. The molecule has 0 saturated carbocycles. The summed E-state index contributed by atoms with van der Waals surface area (Å²) in [6.07, 6.45) is 5.83. The van der Waals surface area contributed by atoms with Crippen LogP contribution in [0.2, 0.25) is 0 Å². The zero-order chi connectivity index (χ0) is 21.3. The maximum absolute atomic E-state index is 13.1. The van der Waals surface area contributed by atoms with Crippen molar-refractivity contribution in [1.29, 1.82) is 0 Å². The van der Waals surface area contributed by atoms with E-state index in [4.69, 9.17) is 11.5 Å². The minimum absolute atomic E-state index is 0.0863. The van der Waals surface area contributed by atoms with E-state index in [0.29, 0.717) is 10.7 Å². The number of Topliss-reactive ketones (excluding diaryl/α,β-unsaturated/α-hetero) is 1. The zero-order valence-corrected chi connectivity index (χ0v) is 18.2. The van der Waals surface area contributed by atoms with Crippen molar-refractivity contribution < 1.29 is 4.79 Å². The van der Waals surface area contributed by atoms with Gasteiger partial charge in [0, 0.05) is 54.8 Å². The Hall–Kier alpha value is -2.77. The second-order valence-electron chi connectivity index (χ2n) is 7.95. The second-order valence-corrected chi connectivity index (χ2v) is 8.98. The number of aryl methyl sites for hydroxylation is 2. The number of rotatable bonds is 5. The van der Waals surface area contributed by atoms with Gasteiger partial charge in [-0.25, -0.2) is 4.98 Å². The van der Waals surface area contributed by atoms with Gasteiger partial charge in [-0.1, -0.05) is 29.5 Å². The van der Waals surface area contributed by atoms with Gasteiger partial charge in [0.15, 0.2) is 5.78 Å². The van der Waals surface area contributed by atoms with Crippen LogP contribution in [0.25, 0.3) is 10.6 Å². The van der Waals surface area contributed by atoms with Crippen LogP contribution in [-0.2, 0) is 6.42 Å². The molecule has 0 amide bonds. The predicted molar refractivity (Wildman–Crippen MR) is 123 cm³/mol. The molecule has 4 N–H and O–H groups in total. The number of piperidine rings is 1. The van der Waals surface area contributed by atoms with Crippen LogP contribution in [0.1, 0.15) is 40.0 Å². The monoisotopic (exact) mass is 421 g/mol. The summed E-state index contributed by atoms with van der Waals surface area (Å²) in [5, 5.41) is 1.25. The number of thiazole rings is 1. The number of carbonyl (C=O) groups excluding carboxylic acids is 1. The molecule has 7 heteroatoms. The number of nitrogen functional groups attached to an aromatic ring is 1. The summed E-state index contributed by atoms with van der Waals surface area (Å²) < 4.78 is 0. The van der Waals surface area contributed by atoms with Crippen LogP contribution in [0, 0.1) is 13.8 Å². The molecular weight excluding hydrogens is 394 g/mol. The van der Waals surface area contributed by atoms with Crippen molar-refractivity contribution in [3.05, 3.63) is 59.0 Å². The molecule has 0 radical (unpaired) electrons. The van der Waals surface area contributed by atoms with Crippen LogP contribution < -0.4 is 16.4 Å². The Bertz CT molecular complexity index is 1060. The molecule has 1 atom stereocenters. The summed E-state index contributed by atoms with van der Waals surface area (Å²) in [5.74, 6) is -0.0863. The number of nitrogens with two attached hydrogens (primary N) is 2. The van der Waals surface area contributed by atoms with Gasteiger partial charge in [0.25, 0.3) is 0 Å². The van der Waals surface area contributed by atoms with E-state index in [1.165, 1.54) is 11.3 Å². The fraction of sp³-hybridized carbons (Fsp3) is 0.348. The van der Waals surface area contributed by atoms with Crippen molar-refractivity contribution in [1.82, 2.24) is 9.97 Å². The molecule has 1 fully saturated rings. The topological polar surface area (TPSA) is 98.1 Å². The standard InChI is InChI=1S/C23H27N5OS/c1-14-5-3-6-15(2)20(14)23-27-21(22(25)30-23)19(29)11-16-12-26-9-8-18(16)28-10-4-7-17(24)13-28/h3,5-6,8-9,12,17H,4,7,10-11,13,24-25H2,1-2H3/t17-/m0/s1. The first-order valence-corrected chi connectivity index (χ1v) is 11.0. The molecule has 0 unspecified atom stereocenters. The van der Waals surface area contributed by atoms with Crippen molar-refractivity contribution in [2.24, 2.45) is 5.73 Å². The number of hydrogen-bond acceptors (Lipinski definition) is 7. The van der Waals surface area contributed by atoms with Gasteiger partial charge < -0.3 is 16.4 Å². The smallest absolute Gasteiger partial charge is 0.188 e. The third kappa shape index (κ3) is 4.08. The second kappa shape index (κ2) is 8.53. The fourth-order valence-corrected chi connectivity index (χ4v) is 5.17. The normalized spacial score (nSPS) is 16.6. The van der Waals surface area contributed by atoms with E-state index in [-0.39, 0.29) is 18.2 Å². The average Bonchev–Trinajstić information content (AvgIpc) is 3.09. The van der Waals surface area contributed by atoms with E-state index in [9.17, 15) is 4.79 Å². The molecule has 30 heavy (non-hydrogen) atoms. The Balaban J connectivity index is 1.61. The SMILES string of the molecule is Cc1cccc(C)c1-c1nc(C(=O)Cc2cnccc2N2CCC[C@H](N)C2)c(N)s1. The van der Waals surface area contributed by atoms with Gasteiger partial charge >= 0.3 is 0 Å². The summed E-state index contributed by atoms with van der Waals surface area (Å²) >= 11 is 1.37. The number of nitrogens with zero attached hydrogens (tertiary/aromatic N) is 3. The molecule has 0 aliphatic carbocycles. The van der Waals surface area contributed by atoms with Gasteiger partial charge in [0.2, 0.25) is 0 Å². The minimum Gasteiger partial charge on any atom is -0.389 e. The Labute approximate surface area is 181 Å². The molecule has 4 rings (SSSR count). The van der Waals surface area contributed by atoms with Gasteiger partial charge in [-0.3, -0.25) is 9.78 Å². The molecule has 3 heterocycles. The highest BCUT2D eigenvalue weighted by Crippen LogP contribution is 2.35. The van der Waals surface area contributed by atoms with E-state index in [1.54, 1.807) is 12.4 Å². The van der Waals surface area contributed by atoms with Crippen LogP contribution in [0.4, 0.5) is 10.7 Å². The highest BCUT2D eigenvalue weighted by molar-refractivity contribution is 7.19. The number of benzene rings is 1. The first kappa shape index (κ1) is 20.5. The van der Waals surface area contributed by atoms with Gasteiger partial charge in [0.1, 0.15) is 15.7 Å². The third-order valence-corrected chi connectivity index (χ3v) is 6.54. The van der Waals surface area contributed by atoms with E-state index < -0.39 is 0 Å². The van der Waals surface area contributed by atoms with Gasteiger partial charge in [-0.15, -0.1) is 0 Å². The van der Waals surface area contributed by atoms with Crippen LogP contribution in [0.15, 0.2) is 36.7 Å². The molecular formula is C23H27N5OS. The number of ketones is 1. The maximum atomic E-state index is 13.1. The van der Waals surface area contributed by atoms with Gasteiger partial charge in [0.05, 0.1) is 0 Å². The Morgan fingerprint density at radius 3 is 2.77 bits per heavy atom. The van der Waals surface area contributed by atoms with Crippen LogP contribution in [-0.4, -0.2) is 34.9 Å². The van der Waals surface area contributed by atoms with Crippen LogP contribution in [0.5, 0.6) is 0 Å². The van der Waals surface area contributed by atoms with Crippen molar-refractivity contribution in [2.75, 3.05) is 23.7 Å². The summed E-state index contributed by atoms with van der Waals surface area (Å²) in [4.78, 5) is 24.3. The first-order valence-electron chi connectivity index (χ1n) is 10.2. The molecule has 6 nitrogen and oxygen atoms in total. The van der Waals surface area contributed by atoms with E-state index in [2.05, 4.69) is 14.9 Å².